The number of hydrogen-bond donors (Lipinski definition) is 2. The van der Waals surface area contributed by atoms with Crippen molar-refractivity contribution in [3.05, 3.63) is 77.6 Å². The van der Waals surface area contributed by atoms with Gasteiger partial charge in [-0.1, -0.05) is 0 Å². The van der Waals surface area contributed by atoms with Crippen molar-refractivity contribution in [2.75, 3.05) is 18.1 Å². The standard InChI is InChI=1S/C26H23N3O7/c1-3-35-19-11-12-21(22(15-19)36-4-2)29-24(31)20(23(30)27-26(29)34)14-18-6-5-13-28(18)17-9-7-16(8-10-17)25(32)33/h5-15H,3-4H2,1-2H3,(H,32,33)(H,27,30,34)/b20-14+. The van der Waals surface area contributed by atoms with E-state index in [1.807, 2.05) is 6.92 Å². The maximum atomic E-state index is 13.4. The van der Waals surface area contributed by atoms with E-state index in [1.54, 1.807) is 54.1 Å². The number of nitrogens with zero attached hydrogens (tertiary/aromatic N) is 2. The van der Waals surface area contributed by atoms with E-state index in [2.05, 4.69) is 5.32 Å². The lowest BCUT2D eigenvalue weighted by molar-refractivity contribution is -0.122. The Morgan fingerprint density at radius 2 is 1.72 bits per heavy atom. The lowest BCUT2D eigenvalue weighted by Gasteiger charge is -2.28. The first-order valence-corrected chi connectivity index (χ1v) is 11.2. The van der Waals surface area contributed by atoms with Gasteiger partial charge in [-0.15, -0.1) is 0 Å². The molecule has 2 N–H and O–H groups in total. The van der Waals surface area contributed by atoms with Gasteiger partial charge in [-0.2, -0.15) is 0 Å². The van der Waals surface area contributed by atoms with Crippen LogP contribution in [0.2, 0.25) is 0 Å². The molecule has 3 aromatic rings. The molecule has 0 unspecified atom stereocenters. The molecule has 0 bridgehead atoms. The Balaban J connectivity index is 1.72. The van der Waals surface area contributed by atoms with Crippen molar-refractivity contribution in [2.24, 2.45) is 0 Å². The van der Waals surface area contributed by atoms with Crippen LogP contribution >= 0.6 is 0 Å². The number of nitrogens with one attached hydrogen (secondary N) is 1. The zero-order chi connectivity index (χ0) is 25.8. The number of aromatic nitrogens is 1. The van der Waals surface area contributed by atoms with E-state index in [-0.39, 0.29) is 29.2 Å². The molecule has 1 saturated heterocycles. The van der Waals surface area contributed by atoms with Crippen molar-refractivity contribution in [2.45, 2.75) is 13.8 Å². The molecule has 1 fully saturated rings. The highest BCUT2D eigenvalue weighted by atomic mass is 16.5. The summed E-state index contributed by atoms with van der Waals surface area (Å²) in [5.74, 6) is -1.94. The molecule has 1 aromatic heterocycles. The number of carbonyl (C=O) groups is 4. The first-order chi connectivity index (χ1) is 17.3. The summed E-state index contributed by atoms with van der Waals surface area (Å²) < 4.78 is 12.8. The molecular weight excluding hydrogens is 466 g/mol. The van der Waals surface area contributed by atoms with Crippen LogP contribution in [0.5, 0.6) is 11.5 Å². The fraction of sp³-hybridized carbons (Fsp3) is 0.154. The van der Waals surface area contributed by atoms with Crippen LogP contribution in [0.25, 0.3) is 11.8 Å². The highest BCUT2D eigenvalue weighted by molar-refractivity contribution is 6.39. The second kappa shape index (κ2) is 10.2. The van der Waals surface area contributed by atoms with Gasteiger partial charge in [0.05, 0.1) is 24.5 Å². The first kappa shape index (κ1) is 24.3. The summed E-state index contributed by atoms with van der Waals surface area (Å²) in [7, 11) is 0. The zero-order valence-corrected chi connectivity index (χ0v) is 19.6. The number of barbiturate groups is 1. The van der Waals surface area contributed by atoms with Crippen LogP contribution in [0.3, 0.4) is 0 Å². The van der Waals surface area contributed by atoms with E-state index < -0.39 is 23.8 Å². The van der Waals surface area contributed by atoms with Crippen LogP contribution in [-0.4, -0.2) is 46.7 Å². The normalized spacial score (nSPS) is 14.7. The third kappa shape index (κ3) is 4.69. The summed E-state index contributed by atoms with van der Waals surface area (Å²) in [6, 6.07) is 13.3. The third-order valence-corrected chi connectivity index (χ3v) is 5.35. The van der Waals surface area contributed by atoms with Gasteiger partial charge in [-0.25, -0.2) is 14.5 Å². The predicted molar refractivity (Wildman–Crippen MR) is 131 cm³/mol. The highest BCUT2D eigenvalue weighted by Crippen LogP contribution is 2.35. The minimum atomic E-state index is -1.05. The van der Waals surface area contributed by atoms with Gasteiger partial charge in [0.1, 0.15) is 17.1 Å². The number of hydrogen-bond acceptors (Lipinski definition) is 6. The summed E-state index contributed by atoms with van der Waals surface area (Å²) in [6.45, 7) is 4.30. The van der Waals surface area contributed by atoms with Gasteiger partial charge in [-0.05, 0) is 68.5 Å². The van der Waals surface area contributed by atoms with Gasteiger partial charge in [0, 0.05) is 23.6 Å². The van der Waals surface area contributed by atoms with Crippen molar-refractivity contribution in [1.82, 2.24) is 9.88 Å². The zero-order valence-electron chi connectivity index (χ0n) is 19.6. The van der Waals surface area contributed by atoms with Crippen molar-refractivity contribution in [3.63, 3.8) is 0 Å². The number of urea groups is 1. The maximum absolute atomic E-state index is 13.4. The number of rotatable bonds is 8. The Morgan fingerprint density at radius 1 is 1.00 bits per heavy atom. The van der Waals surface area contributed by atoms with E-state index in [1.165, 1.54) is 24.3 Å². The Kier molecular flexibility index (Phi) is 6.86. The Morgan fingerprint density at radius 3 is 2.39 bits per heavy atom. The minimum absolute atomic E-state index is 0.127. The third-order valence-electron chi connectivity index (χ3n) is 5.35. The summed E-state index contributed by atoms with van der Waals surface area (Å²) in [4.78, 5) is 50.8. The number of ether oxygens (including phenoxy) is 2. The Labute approximate surface area is 206 Å². The van der Waals surface area contributed by atoms with Gasteiger partial charge < -0.3 is 19.1 Å². The lowest BCUT2D eigenvalue weighted by atomic mass is 10.1. The second-order valence-corrected chi connectivity index (χ2v) is 7.61. The molecule has 0 aliphatic carbocycles. The fourth-order valence-electron chi connectivity index (χ4n) is 3.74. The number of imide groups is 2. The molecule has 2 heterocycles. The minimum Gasteiger partial charge on any atom is -0.494 e. The summed E-state index contributed by atoms with van der Waals surface area (Å²) >= 11 is 0. The number of aromatic carboxylic acids is 1. The summed E-state index contributed by atoms with van der Waals surface area (Å²) in [5.41, 5.74) is 1.14. The molecule has 10 heteroatoms. The first-order valence-electron chi connectivity index (χ1n) is 11.2. The number of carboxylic acid groups (broad SMARTS) is 1. The van der Waals surface area contributed by atoms with Crippen molar-refractivity contribution >= 4 is 35.6 Å². The van der Waals surface area contributed by atoms with Gasteiger partial charge in [-0.3, -0.25) is 14.9 Å². The monoisotopic (exact) mass is 489 g/mol. The number of carboxylic acids is 1. The van der Waals surface area contributed by atoms with Crippen LogP contribution in [-0.2, 0) is 9.59 Å². The molecule has 0 saturated carbocycles. The quantitative estimate of drug-likeness (QED) is 0.365. The molecular formula is C26H23N3O7. The van der Waals surface area contributed by atoms with Gasteiger partial charge in [0.2, 0.25) is 0 Å². The second-order valence-electron chi connectivity index (χ2n) is 7.61. The molecule has 1 aliphatic heterocycles. The van der Waals surface area contributed by atoms with E-state index in [0.29, 0.717) is 23.7 Å². The molecule has 184 valence electrons. The SMILES string of the molecule is CCOc1ccc(N2C(=O)NC(=O)/C(=C\c3cccn3-c3ccc(C(=O)O)cc3)C2=O)c(OCC)c1. The predicted octanol–water partition coefficient (Wildman–Crippen LogP) is 3.64. The Bertz CT molecular complexity index is 1370. The van der Waals surface area contributed by atoms with Crippen molar-refractivity contribution in [3.8, 4) is 17.2 Å². The molecule has 4 rings (SSSR count). The molecule has 0 atom stereocenters. The highest BCUT2D eigenvalue weighted by Gasteiger charge is 2.38. The number of benzene rings is 2. The molecule has 1 aliphatic rings. The van der Waals surface area contributed by atoms with Gasteiger partial charge >= 0.3 is 12.0 Å². The Hall–Kier alpha value is -4.86. The number of amides is 4. The molecule has 0 spiro atoms. The van der Waals surface area contributed by atoms with E-state index in [4.69, 9.17) is 14.6 Å². The smallest absolute Gasteiger partial charge is 0.336 e. The van der Waals surface area contributed by atoms with Crippen LogP contribution in [0.4, 0.5) is 10.5 Å². The molecule has 0 radical (unpaired) electrons. The van der Waals surface area contributed by atoms with Crippen LogP contribution < -0.4 is 19.7 Å². The van der Waals surface area contributed by atoms with Crippen LogP contribution in [0, 0.1) is 0 Å². The fourth-order valence-corrected chi connectivity index (χ4v) is 3.74. The van der Waals surface area contributed by atoms with E-state index in [0.717, 1.165) is 4.90 Å². The van der Waals surface area contributed by atoms with Crippen LogP contribution in [0.1, 0.15) is 29.9 Å². The van der Waals surface area contributed by atoms with E-state index in [9.17, 15) is 19.2 Å². The average molecular weight is 489 g/mol. The molecule has 36 heavy (non-hydrogen) atoms. The summed E-state index contributed by atoms with van der Waals surface area (Å²) in [6.07, 6.45) is 3.08. The van der Waals surface area contributed by atoms with Gasteiger partial charge in [0.15, 0.2) is 0 Å². The van der Waals surface area contributed by atoms with E-state index >= 15 is 0 Å². The molecule has 10 nitrogen and oxygen atoms in total. The number of carbonyl (C=O) groups excluding carboxylic acids is 3. The molecule has 4 amide bonds. The van der Waals surface area contributed by atoms with Crippen molar-refractivity contribution in [1.29, 1.82) is 0 Å². The topological polar surface area (TPSA) is 127 Å². The largest absolute Gasteiger partial charge is 0.494 e. The molecule has 2 aromatic carbocycles. The maximum Gasteiger partial charge on any atom is 0.336 e. The lowest BCUT2D eigenvalue weighted by Crippen LogP contribution is -2.54. The van der Waals surface area contributed by atoms with Crippen LogP contribution in [0.15, 0.2) is 66.4 Å². The van der Waals surface area contributed by atoms with Crippen molar-refractivity contribution < 1.29 is 33.8 Å². The van der Waals surface area contributed by atoms with Gasteiger partial charge in [0.25, 0.3) is 11.8 Å². The summed E-state index contributed by atoms with van der Waals surface area (Å²) in [5, 5.41) is 11.3. The average Bonchev–Trinajstić information content (AvgIpc) is 3.31. The number of anilines is 1.